The van der Waals surface area contributed by atoms with E-state index in [0.717, 1.165) is 10.7 Å². The molecule has 20 heavy (non-hydrogen) atoms. The van der Waals surface area contributed by atoms with Gasteiger partial charge in [0, 0.05) is 5.38 Å². The predicted molar refractivity (Wildman–Crippen MR) is 78.2 cm³/mol. The van der Waals surface area contributed by atoms with Gasteiger partial charge in [0.1, 0.15) is 11.6 Å². The Labute approximate surface area is 123 Å². The number of thiazole rings is 1. The number of hydrogen-bond donors (Lipinski definition) is 1. The minimum atomic E-state index is -0.847. The van der Waals surface area contributed by atoms with E-state index in [2.05, 4.69) is 10.3 Å². The fraction of sp³-hybridized carbons (Fsp3) is 0.643. The predicted octanol–water partition coefficient (Wildman–Crippen LogP) is 1.71. The molecular weight excluding hydrogens is 274 g/mol. The zero-order chi connectivity index (χ0) is 15.1. The molecule has 0 bridgehead atoms. The Morgan fingerprint density at radius 1 is 1.45 bits per heavy atom. The maximum Gasteiger partial charge on any atom is 0.246 e. The molecule has 1 N–H and O–H groups in total. The highest BCUT2D eigenvalue weighted by atomic mass is 32.1. The van der Waals surface area contributed by atoms with Crippen molar-refractivity contribution < 1.29 is 9.59 Å². The summed E-state index contributed by atoms with van der Waals surface area (Å²) < 4.78 is 0. The van der Waals surface area contributed by atoms with E-state index in [9.17, 15) is 9.59 Å². The van der Waals surface area contributed by atoms with E-state index in [1.54, 1.807) is 30.1 Å². The number of hydrogen-bond acceptors (Lipinski definition) is 4. The summed E-state index contributed by atoms with van der Waals surface area (Å²) in [5.41, 5.74) is -0.00822. The molecular formula is C14H21N3O2S. The smallest absolute Gasteiger partial charge is 0.246 e. The van der Waals surface area contributed by atoms with Crippen LogP contribution >= 0.6 is 11.3 Å². The van der Waals surface area contributed by atoms with Crippen LogP contribution in [0.5, 0.6) is 0 Å². The molecule has 1 aromatic heterocycles. The van der Waals surface area contributed by atoms with Crippen LogP contribution in [-0.2, 0) is 16.1 Å². The van der Waals surface area contributed by atoms with Crippen LogP contribution in [0.1, 0.15) is 38.4 Å². The van der Waals surface area contributed by atoms with Gasteiger partial charge in [-0.05, 0) is 26.7 Å². The molecule has 1 aromatic rings. The highest BCUT2D eigenvalue weighted by molar-refractivity contribution is 7.09. The van der Waals surface area contributed by atoms with Gasteiger partial charge in [0.15, 0.2) is 0 Å². The third kappa shape index (κ3) is 2.57. The Morgan fingerprint density at radius 2 is 2.10 bits per heavy atom. The van der Waals surface area contributed by atoms with Crippen molar-refractivity contribution in [1.82, 2.24) is 15.2 Å². The number of rotatable bonds is 3. The number of aromatic nitrogens is 1. The summed E-state index contributed by atoms with van der Waals surface area (Å²) >= 11 is 1.55. The van der Waals surface area contributed by atoms with E-state index in [-0.39, 0.29) is 17.7 Å². The molecule has 0 aromatic carbocycles. The zero-order valence-electron chi connectivity index (χ0n) is 12.6. The molecule has 0 radical (unpaired) electrons. The van der Waals surface area contributed by atoms with Crippen molar-refractivity contribution in [3.63, 3.8) is 0 Å². The molecule has 2 amide bonds. The number of nitrogens with one attached hydrogen (secondary N) is 1. The Kier molecular flexibility index (Phi) is 3.86. The Balaban J connectivity index is 2.30. The van der Waals surface area contributed by atoms with Crippen LogP contribution in [0.25, 0.3) is 0 Å². The lowest BCUT2D eigenvalue weighted by Crippen LogP contribution is -2.69. The molecule has 1 aliphatic heterocycles. The maximum absolute atomic E-state index is 12.6. The number of carbonyl (C=O) groups excluding carboxylic acids is 2. The van der Waals surface area contributed by atoms with Crippen LogP contribution in [0.3, 0.4) is 0 Å². The molecule has 1 unspecified atom stereocenters. The van der Waals surface area contributed by atoms with Gasteiger partial charge in [-0.15, -0.1) is 11.3 Å². The van der Waals surface area contributed by atoms with Crippen LogP contribution in [-0.4, -0.2) is 33.3 Å². The molecule has 110 valence electrons. The molecule has 1 aliphatic rings. The van der Waals surface area contributed by atoms with Gasteiger partial charge in [-0.25, -0.2) is 4.98 Å². The third-order valence-corrected chi connectivity index (χ3v) is 4.52. The topological polar surface area (TPSA) is 62.3 Å². The summed E-state index contributed by atoms with van der Waals surface area (Å²) in [6, 6.07) is -0.449. The summed E-state index contributed by atoms with van der Waals surface area (Å²) in [5, 5.41) is 5.73. The van der Waals surface area contributed by atoms with E-state index in [1.165, 1.54) is 0 Å². The number of carbonyl (C=O) groups is 2. The Bertz CT molecular complexity index is 536. The fourth-order valence-electron chi connectivity index (χ4n) is 2.32. The first-order valence-corrected chi connectivity index (χ1v) is 7.65. The van der Waals surface area contributed by atoms with Gasteiger partial charge in [0.25, 0.3) is 0 Å². The Hall–Kier alpha value is -1.43. The van der Waals surface area contributed by atoms with Crippen molar-refractivity contribution in [2.75, 3.05) is 0 Å². The third-order valence-electron chi connectivity index (χ3n) is 3.70. The maximum atomic E-state index is 12.6. The van der Waals surface area contributed by atoms with Gasteiger partial charge in [0.2, 0.25) is 11.8 Å². The summed E-state index contributed by atoms with van der Waals surface area (Å²) in [6.07, 6.45) is 0. The van der Waals surface area contributed by atoms with Gasteiger partial charge in [0.05, 0.1) is 17.2 Å². The first kappa shape index (κ1) is 15.0. The second-order valence-corrected chi connectivity index (χ2v) is 7.10. The molecule has 0 aliphatic carbocycles. The normalized spacial score (nSPS) is 22.3. The largest absolute Gasteiger partial charge is 0.342 e. The molecule has 1 saturated heterocycles. The molecule has 0 spiro atoms. The monoisotopic (exact) mass is 295 g/mol. The number of piperazine rings is 1. The van der Waals surface area contributed by atoms with Crippen LogP contribution in [0.4, 0.5) is 0 Å². The lowest BCUT2D eigenvalue weighted by molar-refractivity contribution is -0.157. The van der Waals surface area contributed by atoms with Crippen LogP contribution in [0, 0.1) is 12.8 Å². The summed E-state index contributed by atoms with van der Waals surface area (Å²) in [4.78, 5) is 30.9. The van der Waals surface area contributed by atoms with Gasteiger partial charge in [-0.3, -0.25) is 9.59 Å². The van der Waals surface area contributed by atoms with Gasteiger partial charge in [-0.1, -0.05) is 13.8 Å². The van der Waals surface area contributed by atoms with Crippen LogP contribution in [0.15, 0.2) is 5.38 Å². The number of amides is 2. The van der Waals surface area contributed by atoms with Crippen molar-refractivity contribution in [3.8, 4) is 0 Å². The van der Waals surface area contributed by atoms with Crippen molar-refractivity contribution in [2.45, 2.75) is 52.7 Å². The first-order chi connectivity index (χ1) is 9.23. The zero-order valence-corrected chi connectivity index (χ0v) is 13.4. The lowest BCUT2D eigenvalue weighted by atomic mass is 9.91. The SMILES string of the molecule is Cc1nc(CN2C(=O)C(C(C)C)NC(=O)C2(C)C)cs1. The molecule has 6 heteroatoms. The summed E-state index contributed by atoms with van der Waals surface area (Å²) in [5.74, 6) is -0.0692. The van der Waals surface area contributed by atoms with Gasteiger partial charge >= 0.3 is 0 Å². The molecule has 2 heterocycles. The van der Waals surface area contributed by atoms with E-state index in [1.807, 2.05) is 26.2 Å². The van der Waals surface area contributed by atoms with Crippen LogP contribution in [0.2, 0.25) is 0 Å². The van der Waals surface area contributed by atoms with Crippen molar-refractivity contribution in [3.05, 3.63) is 16.1 Å². The van der Waals surface area contributed by atoms with E-state index in [0.29, 0.717) is 6.54 Å². The average Bonchev–Trinajstić information content (AvgIpc) is 2.75. The fourth-order valence-corrected chi connectivity index (χ4v) is 2.92. The standard InChI is InChI=1S/C14H21N3O2S/c1-8(2)11-12(18)17(14(4,5)13(19)16-11)6-10-7-20-9(3)15-10/h7-8,11H,6H2,1-5H3,(H,16,19). The molecule has 0 saturated carbocycles. The molecule has 1 fully saturated rings. The lowest BCUT2D eigenvalue weighted by Gasteiger charge is -2.45. The number of nitrogens with zero attached hydrogens (tertiary/aromatic N) is 2. The summed E-state index contributed by atoms with van der Waals surface area (Å²) in [7, 11) is 0. The van der Waals surface area contributed by atoms with E-state index >= 15 is 0 Å². The second kappa shape index (κ2) is 5.16. The highest BCUT2D eigenvalue weighted by Crippen LogP contribution is 2.26. The van der Waals surface area contributed by atoms with Crippen molar-refractivity contribution in [2.24, 2.45) is 5.92 Å². The van der Waals surface area contributed by atoms with Gasteiger partial charge < -0.3 is 10.2 Å². The highest BCUT2D eigenvalue weighted by Gasteiger charge is 2.47. The average molecular weight is 295 g/mol. The second-order valence-electron chi connectivity index (χ2n) is 6.04. The first-order valence-electron chi connectivity index (χ1n) is 6.77. The summed E-state index contributed by atoms with van der Waals surface area (Å²) in [6.45, 7) is 9.73. The van der Waals surface area contributed by atoms with Crippen LogP contribution < -0.4 is 5.32 Å². The quantitative estimate of drug-likeness (QED) is 0.923. The number of aryl methyl sites for hydroxylation is 1. The van der Waals surface area contributed by atoms with Crippen molar-refractivity contribution >= 4 is 23.2 Å². The van der Waals surface area contributed by atoms with E-state index < -0.39 is 11.6 Å². The van der Waals surface area contributed by atoms with E-state index in [4.69, 9.17) is 0 Å². The molecule has 2 rings (SSSR count). The molecule has 1 atom stereocenters. The Morgan fingerprint density at radius 3 is 2.60 bits per heavy atom. The minimum Gasteiger partial charge on any atom is -0.342 e. The minimum absolute atomic E-state index is 0.0322. The van der Waals surface area contributed by atoms with Gasteiger partial charge in [-0.2, -0.15) is 0 Å². The van der Waals surface area contributed by atoms with Crippen molar-refractivity contribution in [1.29, 1.82) is 0 Å². The molecule has 5 nitrogen and oxygen atoms in total.